The maximum absolute atomic E-state index is 6.26. The smallest absolute Gasteiger partial charge is 0.120 e. The van der Waals surface area contributed by atoms with Crippen LogP contribution in [0.25, 0.3) is 44.5 Å². The van der Waals surface area contributed by atoms with Crippen LogP contribution >= 0.6 is 0 Å². The van der Waals surface area contributed by atoms with E-state index in [-0.39, 0.29) is 30.9 Å². The van der Waals surface area contributed by atoms with Gasteiger partial charge in [-0.15, -0.1) is 54.1 Å². The van der Waals surface area contributed by atoms with E-state index in [1.54, 1.807) is 6.20 Å². The van der Waals surface area contributed by atoms with Gasteiger partial charge in [0.05, 0.1) is 5.58 Å². The van der Waals surface area contributed by atoms with Crippen molar-refractivity contribution in [2.45, 2.75) is 52.4 Å². The zero-order valence-corrected chi connectivity index (χ0v) is 26.3. The van der Waals surface area contributed by atoms with Gasteiger partial charge in [-0.1, -0.05) is 76.8 Å². The van der Waals surface area contributed by atoms with Crippen LogP contribution in [0.1, 0.15) is 52.7 Å². The number of pyridine rings is 2. The van der Waals surface area contributed by atoms with Gasteiger partial charge < -0.3 is 14.4 Å². The monoisotopic (exact) mass is 703 g/mol. The molecule has 4 heteroatoms. The molecule has 3 heterocycles. The van der Waals surface area contributed by atoms with Crippen molar-refractivity contribution in [3.63, 3.8) is 0 Å². The average molecular weight is 703 g/mol. The maximum atomic E-state index is 6.26. The van der Waals surface area contributed by atoms with Crippen LogP contribution in [-0.2, 0) is 30.9 Å². The second kappa shape index (κ2) is 11.9. The van der Waals surface area contributed by atoms with Crippen molar-refractivity contribution >= 4 is 21.9 Å². The third kappa shape index (κ3) is 6.41. The van der Waals surface area contributed by atoms with Crippen molar-refractivity contribution in [1.29, 1.82) is 0 Å². The molecule has 0 saturated carbocycles. The molecule has 205 valence electrons. The first-order chi connectivity index (χ1) is 18.6. The molecular weight excluding hydrogens is 669 g/mol. The number of furan rings is 1. The number of fused-ring (bicyclic) bond motifs is 3. The zero-order chi connectivity index (χ0) is 27.6. The largest absolute Gasteiger partial charge is 0.501 e. The standard InChI is InChI=1S/C25H26NO.C11H8N.Ir/c1-24(2,3)16-10-11-22-20(14-16)18-8-7-9-19(23(18)27-22)21-15-17(12-13-26-21)25(4,5)6;1-2-6-10(7-3-1)11-8-4-5-9-12-11;/h7-8,10-15H,1-6H3;1-6,8-9H;/q2*-1;. The molecule has 0 saturated heterocycles. The molecular formula is C36H34IrN2O-2. The van der Waals surface area contributed by atoms with Crippen molar-refractivity contribution < 1.29 is 24.5 Å². The summed E-state index contributed by atoms with van der Waals surface area (Å²) >= 11 is 0. The predicted octanol–water partition coefficient (Wildman–Crippen LogP) is 9.59. The van der Waals surface area contributed by atoms with Gasteiger partial charge in [0.15, 0.2) is 0 Å². The normalized spacial score (nSPS) is 11.6. The van der Waals surface area contributed by atoms with E-state index in [4.69, 9.17) is 4.42 Å². The Kier molecular flexibility index (Phi) is 8.73. The van der Waals surface area contributed by atoms with Crippen molar-refractivity contribution in [1.82, 2.24) is 9.97 Å². The van der Waals surface area contributed by atoms with E-state index in [0.717, 1.165) is 44.5 Å². The molecule has 6 rings (SSSR count). The maximum Gasteiger partial charge on any atom is 0.120 e. The van der Waals surface area contributed by atoms with Gasteiger partial charge in [0.2, 0.25) is 0 Å². The molecule has 0 fully saturated rings. The van der Waals surface area contributed by atoms with Gasteiger partial charge in [0.25, 0.3) is 0 Å². The second-order valence-corrected chi connectivity index (χ2v) is 11.8. The minimum Gasteiger partial charge on any atom is -0.501 e. The first-order valence-corrected chi connectivity index (χ1v) is 13.3. The molecule has 0 spiro atoms. The topological polar surface area (TPSA) is 38.9 Å². The number of nitrogens with zero attached hydrogens (tertiary/aromatic N) is 2. The van der Waals surface area contributed by atoms with Crippen molar-refractivity contribution in [3.8, 4) is 22.5 Å². The Hall–Kier alpha value is -3.59. The van der Waals surface area contributed by atoms with Gasteiger partial charge in [-0.2, -0.15) is 0 Å². The zero-order valence-electron chi connectivity index (χ0n) is 23.9. The molecule has 3 aromatic carbocycles. The summed E-state index contributed by atoms with van der Waals surface area (Å²) in [4.78, 5) is 8.83. The SMILES string of the molecule is CC(C)(C)c1ccnc(-c2[c-]ccc3c2oc2ccc(C(C)(C)C)cc23)c1.[Ir].[c-]1ccccc1-c1ccccn1. The van der Waals surface area contributed by atoms with Crippen LogP contribution in [0.3, 0.4) is 0 Å². The van der Waals surface area contributed by atoms with Crippen molar-refractivity contribution in [2.75, 3.05) is 0 Å². The predicted molar refractivity (Wildman–Crippen MR) is 162 cm³/mol. The van der Waals surface area contributed by atoms with Crippen molar-refractivity contribution in [2.24, 2.45) is 0 Å². The minimum absolute atomic E-state index is 0. The number of rotatable bonds is 2. The number of hydrogen-bond acceptors (Lipinski definition) is 3. The van der Waals surface area contributed by atoms with Gasteiger partial charge >= 0.3 is 0 Å². The summed E-state index contributed by atoms with van der Waals surface area (Å²) in [6.45, 7) is 13.3. The fraction of sp³-hybridized carbons (Fsp3) is 0.222. The summed E-state index contributed by atoms with van der Waals surface area (Å²) in [5.74, 6) is 0. The van der Waals surface area contributed by atoms with E-state index >= 15 is 0 Å². The van der Waals surface area contributed by atoms with Crippen LogP contribution in [0.4, 0.5) is 0 Å². The Morgan fingerprint density at radius 2 is 1.35 bits per heavy atom. The molecule has 0 bridgehead atoms. The van der Waals surface area contributed by atoms with Crippen LogP contribution in [0.2, 0.25) is 0 Å². The molecule has 3 aromatic heterocycles. The molecule has 0 aliphatic rings. The molecule has 0 N–H and O–H groups in total. The van der Waals surface area contributed by atoms with Gasteiger partial charge in [-0.3, -0.25) is 0 Å². The third-order valence-electron chi connectivity index (χ3n) is 6.83. The van der Waals surface area contributed by atoms with E-state index < -0.39 is 0 Å². The molecule has 0 amide bonds. The number of benzene rings is 3. The summed E-state index contributed by atoms with van der Waals surface area (Å²) in [5.41, 5.74) is 8.34. The fourth-order valence-corrected chi connectivity index (χ4v) is 4.51. The molecule has 1 radical (unpaired) electrons. The Balaban J connectivity index is 0.000000238. The first-order valence-electron chi connectivity index (χ1n) is 13.3. The molecule has 0 aliphatic carbocycles. The molecule has 3 nitrogen and oxygen atoms in total. The molecule has 0 unspecified atom stereocenters. The van der Waals surface area contributed by atoms with Gasteiger partial charge in [-0.25, -0.2) is 0 Å². The molecule has 6 aromatic rings. The van der Waals surface area contributed by atoms with Crippen LogP contribution in [0.5, 0.6) is 0 Å². The van der Waals surface area contributed by atoms with Gasteiger partial charge in [-0.05, 0) is 57.6 Å². The molecule has 0 aliphatic heterocycles. The van der Waals surface area contributed by atoms with E-state index in [0.29, 0.717) is 0 Å². The Morgan fingerprint density at radius 3 is 2.02 bits per heavy atom. The van der Waals surface area contributed by atoms with E-state index in [1.165, 1.54) is 11.1 Å². The quantitative estimate of drug-likeness (QED) is 0.169. The van der Waals surface area contributed by atoms with Crippen molar-refractivity contribution in [3.05, 3.63) is 121 Å². The fourth-order valence-electron chi connectivity index (χ4n) is 4.51. The molecule has 0 atom stereocenters. The van der Waals surface area contributed by atoms with E-state index in [9.17, 15) is 0 Å². The van der Waals surface area contributed by atoms with Crippen LogP contribution in [-0.4, -0.2) is 9.97 Å². The molecule has 40 heavy (non-hydrogen) atoms. The Morgan fingerprint density at radius 1 is 0.625 bits per heavy atom. The number of hydrogen-bond donors (Lipinski definition) is 0. The summed E-state index contributed by atoms with van der Waals surface area (Å²) in [6.07, 6.45) is 3.67. The number of aromatic nitrogens is 2. The summed E-state index contributed by atoms with van der Waals surface area (Å²) in [5, 5.41) is 2.27. The van der Waals surface area contributed by atoms with E-state index in [1.807, 2.05) is 54.7 Å². The average Bonchev–Trinajstić information content (AvgIpc) is 3.32. The Bertz CT molecular complexity index is 1670. The summed E-state index contributed by atoms with van der Waals surface area (Å²) in [6, 6.07) is 35.0. The van der Waals surface area contributed by atoms with E-state index in [2.05, 4.69) is 100 Å². The van der Waals surface area contributed by atoms with Crippen LogP contribution < -0.4 is 0 Å². The summed E-state index contributed by atoms with van der Waals surface area (Å²) in [7, 11) is 0. The van der Waals surface area contributed by atoms with Crippen LogP contribution in [0, 0.1) is 12.1 Å². The first kappa shape index (κ1) is 29.4. The Labute approximate surface area is 251 Å². The van der Waals surface area contributed by atoms with Crippen LogP contribution in [0.15, 0.2) is 102 Å². The second-order valence-electron chi connectivity index (χ2n) is 11.8. The van der Waals surface area contributed by atoms with Gasteiger partial charge in [0, 0.05) is 37.9 Å². The summed E-state index contributed by atoms with van der Waals surface area (Å²) < 4.78 is 6.26. The third-order valence-corrected chi connectivity index (χ3v) is 6.83. The minimum atomic E-state index is 0. The van der Waals surface area contributed by atoms with Gasteiger partial charge in [0.1, 0.15) is 5.58 Å².